The number of benzene rings is 1. The van der Waals surface area contributed by atoms with Crippen LogP contribution < -0.4 is 10.2 Å². The molecule has 0 unspecified atom stereocenters. The number of nitrogens with one attached hydrogen (secondary N) is 1. The van der Waals surface area contributed by atoms with Crippen LogP contribution in [0.15, 0.2) is 35.3 Å². The van der Waals surface area contributed by atoms with Crippen LogP contribution in [0, 0.1) is 5.92 Å². The zero-order valence-electron chi connectivity index (χ0n) is 19.9. The van der Waals surface area contributed by atoms with Crippen LogP contribution in [-0.2, 0) is 14.3 Å². The molecular weight excluding hydrogens is 533 g/mol. The lowest BCUT2D eigenvalue weighted by Crippen LogP contribution is -2.49. The standard InChI is InChI=1S/C24H37N5O3.HI/c1-3-25-24(29-14-11-20(12-15-29)23(31)32-4-2)26-13-10-22(30)28-18-16-27(17-19-28)21-8-6-5-7-9-21;/h5-9,20H,3-4,10-19H2,1-2H3,(H,25,26);1H. The monoisotopic (exact) mass is 571 g/mol. The molecular formula is C24H38IN5O3. The van der Waals surface area contributed by atoms with Crippen molar-refractivity contribution >= 4 is 47.5 Å². The van der Waals surface area contributed by atoms with Gasteiger partial charge in [0.15, 0.2) is 5.96 Å². The maximum Gasteiger partial charge on any atom is 0.309 e. The van der Waals surface area contributed by atoms with E-state index in [1.807, 2.05) is 36.9 Å². The van der Waals surface area contributed by atoms with Crippen molar-refractivity contribution in [1.82, 2.24) is 15.1 Å². The summed E-state index contributed by atoms with van der Waals surface area (Å²) in [6.07, 6.45) is 1.96. The second-order valence-corrected chi connectivity index (χ2v) is 8.20. The smallest absolute Gasteiger partial charge is 0.309 e. The molecule has 1 N–H and O–H groups in total. The highest BCUT2D eigenvalue weighted by Crippen LogP contribution is 2.19. The van der Waals surface area contributed by atoms with E-state index in [2.05, 4.69) is 27.2 Å². The minimum absolute atomic E-state index is 0. The predicted octanol–water partition coefficient (Wildman–Crippen LogP) is 2.58. The highest BCUT2D eigenvalue weighted by molar-refractivity contribution is 14.0. The van der Waals surface area contributed by atoms with Crippen LogP contribution in [0.25, 0.3) is 0 Å². The summed E-state index contributed by atoms with van der Waals surface area (Å²) in [5, 5.41) is 3.33. The number of hydrogen-bond donors (Lipinski definition) is 1. The molecule has 184 valence electrons. The Morgan fingerprint density at radius 3 is 2.27 bits per heavy atom. The van der Waals surface area contributed by atoms with Crippen LogP contribution in [0.2, 0.25) is 0 Å². The summed E-state index contributed by atoms with van der Waals surface area (Å²) >= 11 is 0. The molecule has 0 aromatic heterocycles. The second kappa shape index (κ2) is 14.3. The SMILES string of the molecule is CCNC(=NCCC(=O)N1CCN(c2ccccc2)CC1)N1CCC(C(=O)OCC)CC1.I. The van der Waals surface area contributed by atoms with Crippen LogP contribution in [0.5, 0.6) is 0 Å². The molecule has 2 heterocycles. The third-order valence-electron chi connectivity index (χ3n) is 6.09. The molecule has 2 fully saturated rings. The van der Waals surface area contributed by atoms with Crippen molar-refractivity contribution < 1.29 is 14.3 Å². The van der Waals surface area contributed by atoms with E-state index >= 15 is 0 Å². The number of nitrogens with zero attached hydrogens (tertiary/aromatic N) is 4. The molecule has 0 saturated carbocycles. The van der Waals surface area contributed by atoms with Crippen molar-refractivity contribution in [2.24, 2.45) is 10.9 Å². The number of piperidine rings is 1. The van der Waals surface area contributed by atoms with Crippen molar-refractivity contribution in [2.75, 3.05) is 63.9 Å². The van der Waals surface area contributed by atoms with E-state index in [0.29, 0.717) is 19.6 Å². The number of hydrogen-bond acceptors (Lipinski definition) is 5. The van der Waals surface area contributed by atoms with E-state index in [1.165, 1.54) is 5.69 Å². The maximum absolute atomic E-state index is 12.7. The molecule has 33 heavy (non-hydrogen) atoms. The van der Waals surface area contributed by atoms with Crippen molar-refractivity contribution in [3.05, 3.63) is 30.3 Å². The summed E-state index contributed by atoms with van der Waals surface area (Å²) in [6, 6.07) is 10.3. The molecule has 0 aliphatic carbocycles. The number of ether oxygens (including phenoxy) is 1. The van der Waals surface area contributed by atoms with Gasteiger partial charge in [-0.2, -0.15) is 0 Å². The number of halogens is 1. The molecule has 9 heteroatoms. The lowest BCUT2D eigenvalue weighted by atomic mass is 9.97. The first-order valence-electron chi connectivity index (χ1n) is 11.9. The molecule has 8 nitrogen and oxygen atoms in total. The maximum atomic E-state index is 12.7. The molecule has 1 amide bonds. The quantitative estimate of drug-likeness (QED) is 0.235. The Balaban J connectivity index is 0.00000385. The fourth-order valence-electron chi connectivity index (χ4n) is 4.28. The molecule has 2 aliphatic rings. The van der Waals surface area contributed by atoms with Gasteiger partial charge in [-0.25, -0.2) is 0 Å². The predicted molar refractivity (Wildman–Crippen MR) is 142 cm³/mol. The van der Waals surface area contributed by atoms with Gasteiger partial charge in [-0.15, -0.1) is 24.0 Å². The van der Waals surface area contributed by atoms with Crippen LogP contribution in [0.1, 0.15) is 33.1 Å². The van der Waals surface area contributed by atoms with Crippen LogP contribution in [0.4, 0.5) is 5.69 Å². The average Bonchev–Trinajstić information content (AvgIpc) is 2.84. The van der Waals surface area contributed by atoms with Gasteiger partial charge in [0.2, 0.25) is 5.91 Å². The summed E-state index contributed by atoms with van der Waals surface area (Å²) in [4.78, 5) is 35.8. The Kier molecular flexibility index (Phi) is 11.8. The van der Waals surface area contributed by atoms with Gasteiger partial charge < -0.3 is 24.8 Å². The Bertz CT molecular complexity index is 761. The lowest BCUT2D eigenvalue weighted by Gasteiger charge is -2.36. The Labute approximate surface area is 214 Å². The summed E-state index contributed by atoms with van der Waals surface area (Å²) in [6.45, 7) is 10.3. The number of aliphatic imine (C=N–C) groups is 1. The van der Waals surface area contributed by atoms with Crippen molar-refractivity contribution in [3.8, 4) is 0 Å². The average molecular weight is 572 g/mol. The molecule has 1 aromatic carbocycles. The normalized spacial score (nSPS) is 17.4. The van der Waals surface area contributed by atoms with Gasteiger partial charge in [0.1, 0.15) is 0 Å². The largest absolute Gasteiger partial charge is 0.466 e. The van der Waals surface area contributed by atoms with Crippen molar-refractivity contribution in [3.63, 3.8) is 0 Å². The first kappa shape index (κ1) is 27.2. The van der Waals surface area contributed by atoms with Crippen molar-refractivity contribution in [2.45, 2.75) is 33.1 Å². The van der Waals surface area contributed by atoms with Gasteiger partial charge in [0.05, 0.1) is 19.1 Å². The van der Waals surface area contributed by atoms with Gasteiger partial charge >= 0.3 is 5.97 Å². The summed E-state index contributed by atoms with van der Waals surface area (Å²) < 4.78 is 5.16. The van der Waals surface area contributed by atoms with E-state index in [4.69, 9.17) is 9.73 Å². The number of anilines is 1. The zero-order chi connectivity index (χ0) is 22.8. The molecule has 0 spiro atoms. The minimum atomic E-state index is -0.0907. The number of para-hydroxylation sites is 1. The summed E-state index contributed by atoms with van der Waals surface area (Å²) in [5.74, 6) is 0.882. The number of likely N-dealkylation sites (tertiary alicyclic amines) is 1. The van der Waals surface area contributed by atoms with E-state index in [1.54, 1.807) is 0 Å². The molecule has 0 atom stereocenters. The number of carbonyl (C=O) groups is 2. The highest BCUT2D eigenvalue weighted by Gasteiger charge is 2.27. The fourth-order valence-corrected chi connectivity index (χ4v) is 4.28. The van der Waals surface area contributed by atoms with Crippen LogP contribution >= 0.6 is 24.0 Å². The highest BCUT2D eigenvalue weighted by atomic mass is 127. The number of rotatable bonds is 7. The summed E-state index contributed by atoms with van der Waals surface area (Å²) in [5.41, 5.74) is 1.21. The third kappa shape index (κ3) is 8.04. The molecule has 2 aliphatic heterocycles. The summed E-state index contributed by atoms with van der Waals surface area (Å²) in [7, 11) is 0. The second-order valence-electron chi connectivity index (χ2n) is 8.20. The Morgan fingerprint density at radius 1 is 1.00 bits per heavy atom. The molecule has 3 rings (SSSR count). The Hall–Kier alpha value is -2.04. The van der Waals surface area contributed by atoms with Gasteiger partial charge in [-0.3, -0.25) is 14.6 Å². The lowest BCUT2D eigenvalue weighted by molar-refractivity contribution is -0.149. The third-order valence-corrected chi connectivity index (χ3v) is 6.09. The molecule has 1 aromatic rings. The number of guanidine groups is 1. The van der Waals surface area contributed by atoms with Gasteiger partial charge in [0, 0.05) is 57.9 Å². The van der Waals surface area contributed by atoms with E-state index in [9.17, 15) is 9.59 Å². The van der Waals surface area contributed by atoms with E-state index < -0.39 is 0 Å². The van der Waals surface area contributed by atoms with E-state index in [0.717, 1.165) is 64.6 Å². The van der Waals surface area contributed by atoms with E-state index in [-0.39, 0.29) is 41.8 Å². The fraction of sp³-hybridized carbons (Fsp3) is 0.625. The Morgan fingerprint density at radius 2 is 1.67 bits per heavy atom. The number of carbonyl (C=O) groups excluding carboxylic acids is 2. The number of amides is 1. The number of esters is 1. The van der Waals surface area contributed by atoms with Crippen LogP contribution in [-0.4, -0.2) is 86.6 Å². The molecule has 2 saturated heterocycles. The topological polar surface area (TPSA) is 77.5 Å². The van der Waals surface area contributed by atoms with Crippen LogP contribution in [0.3, 0.4) is 0 Å². The molecule has 0 radical (unpaired) electrons. The minimum Gasteiger partial charge on any atom is -0.466 e. The number of piperazine rings is 1. The zero-order valence-corrected chi connectivity index (χ0v) is 22.2. The first-order valence-corrected chi connectivity index (χ1v) is 11.9. The van der Waals surface area contributed by atoms with Gasteiger partial charge in [0.25, 0.3) is 0 Å². The van der Waals surface area contributed by atoms with Crippen molar-refractivity contribution in [1.29, 1.82) is 0 Å². The first-order chi connectivity index (χ1) is 15.6. The molecule has 0 bridgehead atoms. The van der Waals surface area contributed by atoms with Gasteiger partial charge in [-0.05, 0) is 38.8 Å². The van der Waals surface area contributed by atoms with Gasteiger partial charge in [-0.1, -0.05) is 18.2 Å².